The van der Waals surface area contributed by atoms with Gasteiger partial charge in [-0.05, 0) is 49.2 Å². The Balaban J connectivity index is 1.46. The molecule has 0 spiro atoms. The molecule has 1 aliphatic rings. The Morgan fingerprint density at radius 2 is 1.90 bits per heavy atom. The first-order chi connectivity index (χ1) is 14.1. The Hall–Kier alpha value is -3.19. The minimum absolute atomic E-state index is 0.0813. The van der Waals surface area contributed by atoms with Crippen LogP contribution in [0.3, 0.4) is 0 Å². The molecule has 1 fully saturated rings. The predicted octanol–water partition coefficient (Wildman–Crippen LogP) is 3.41. The molecule has 1 saturated heterocycles. The fourth-order valence-corrected chi connectivity index (χ4v) is 3.63. The quantitative estimate of drug-likeness (QED) is 0.716. The Labute approximate surface area is 173 Å². The number of nitrogens with one attached hydrogen (secondary N) is 1. The number of piperidine rings is 1. The Bertz CT molecular complexity index is 1000. The zero-order valence-corrected chi connectivity index (χ0v) is 16.4. The second-order valence-electron chi connectivity index (χ2n) is 6.95. The summed E-state index contributed by atoms with van der Waals surface area (Å²) in [5, 5.41) is 11.4. The molecule has 0 radical (unpaired) electrons. The van der Waals surface area contributed by atoms with E-state index >= 15 is 0 Å². The summed E-state index contributed by atoms with van der Waals surface area (Å²) in [6, 6.07) is 14.2. The number of benzene rings is 2. The van der Waals surface area contributed by atoms with Gasteiger partial charge in [0.15, 0.2) is 0 Å². The number of aromatic nitrogens is 3. The van der Waals surface area contributed by atoms with Crippen LogP contribution in [0.2, 0.25) is 5.02 Å². The Morgan fingerprint density at radius 1 is 1.10 bits per heavy atom. The van der Waals surface area contributed by atoms with Crippen LogP contribution in [-0.4, -0.2) is 44.8 Å². The lowest BCUT2D eigenvalue weighted by Crippen LogP contribution is -2.43. The Morgan fingerprint density at radius 3 is 2.66 bits per heavy atom. The van der Waals surface area contributed by atoms with Crippen LogP contribution in [0, 0.1) is 5.92 Å². The van der Waals surface area contributed by atoms with Gasteiger partial charge < -0.3 is 10.2 Å². The van der Waals surface area contributed by atoms with Crippen molar-refractivity contribution in [3.63, 3.8) is 0 Å². The van der Waals surface area contributed by atoms with Gasteiger partial charge in [-0.2, -0.15) is 0 Å². The molecule has 1 unspecified atom stereocenters. The van der Waals surface area contributed by atoms with Gasteiger partial charge in [0.05, 0.1) is 29.7 Å². The third-order valence-corrected chi connectivity index (χ3v) is 5.25. The summed E-state index contributed by atoms with van der Waals surface area (Å²) in [7, 11) is 0. The van der Waals surface area contributed by atoms with E-state index in [1.807, 2.05) is 24.3 Å². The largest absolute Gasteiger partial charge is 0.338 e. The van der Waals surface area contributed by atoms with Crippen LogP contribution in [0.1, 0.15) is 23.2 Å². The van der Waals surface area contributed by atoms with Gasteiger partial charge in [-0.15, -0.1) is 5.10 Å². The second kappa shape index (κ2) is 8.45. The van der Waals surface area contributed by atoms with Crippen molar-refractivity contribution in [3.8, 4) is 5.69 Å². The molecule has 0 saturated carbocycles. The molecule has 2 amide bonds. The maximum absolute atomic E-state index is 12.9. The predicted molar refractivity (Wildman–Crippen MR) is 110 cm³/mol. The van der Waals surface area contributed by atoms with Crippen molar-refractivity contribution < 1.29 is 9.59 Å². The van der Waals surface area contributed by atoms with Crippen LogP contribution in [0.25, 0.3) is 5.69 Å². The SMILES string of the molecule is O=C(Nc1ccccc1-n1ccnn1)C1CCCN(C(=O)c2ccc(Cl)cc2)C1. The van der Waals surface area contributed by atoms with Crippen LogP contribution in [0.5, 0.6) is 0 Å². The van der Waals surface area contributed by atoms with Gasteiger partial charge in [0.1, 0.15) is 0 Å². The van der Waals surface area contributed by atoms with Crippen LogP contribution >= 0.6 is 11.6 Å². The van der Waals surface area contributed by atoms with E-state index < -0.39 is 0 Å². The van der Waals surface area contributed by atoms with Crippen molar-refractivity contribution in [1.82, 2.24) is 19.9 Å². The summed E-state index contributed by atoms with van der Waals surface area (Å²) in [4.78, 5) is 27.4. The number of amides is 2. The highest BCUT2D eigenvalue weighted by Crippen LogP contribution is 2.24. The van der Waals surface area contributed by atoms with E-state index in [4.69, 9.17) is 11.6 Å². The van der Waals surface area contributed by atoms with Crippen LogP contribution in [-0.2, 0) is 4.79 Å². The lowest BCUT2D eigenvalue weighted by atomic mass is 9.96. The lowest BCUT2D eigenvalue weighted by Gasteiger charge is -2.32. The molecule has 29 heavy (non-hydrogen) atoms. The molecule has 0 aliphatic carbocycles. The Kier molecular flexibility index (Phi) is 5.57. The van der Waals surface area contributed by atoms with Gasteiger partial charge in [-0.3, -0.25) is 9.59 Å². The number of carbonyl (C=O) groups excluding carboxylic acids is 2. The van der Waals surface area contributed by atoms with E-state index in [9.17, 15) is 9.59 Å². The van der Waals surface area contributed by atoms with Crippen molar-refractivity contribution in [1.29, 1.82) is 0 Å². The third kappa shape index (κ3) is 4.30. The molecule has 2 aromatic carbocycles. The highest BCUT2D eigenvalue weighted by molar-refractivity contribution is 6.30. The minimum atomic E-state index is -0.274. The van der Waals surface area contributed by atoms with E-state index in [0.29, 0.717) is 29.4 Å². The maximum atomic E-state index is 12.9. The van der Waals surface area contributed by atoms with E-state index in [1.54, 1.807) is 46.2 Å². The van der Waals surface area contributed by atoms with Crippen molar-refractivity contribution in [2.45, 2.75) is 12.8 Å². The zero-order valence-electron chi connectivity index (χ0n) is 15.7. The van der Waals surface area contributed by atoms with Crippen LogP contribution in [0.4, 0.5) is 5.69 Å². The fraction of sp³-hybridized carbons (Fsp3) is 0.238. The monoisotopic (exact) mass is 409 g/mol. The molecular formula is C21H20ClN5O2. The fourth-order valence-electron chi connectivity index (χ4n) is 3.50. The van der Waals surface area contributed by atoms with E-state index in [0.717, 1.165) is 18.5 Å². The van der Waals surface area contributed by atoms with E-state index in [2.05, 4.69) is 15.6 Å². The number of halogens is 1. The number of para-hydroxylation sites is 2. The van der Waals surface area contributed by atoms with Gasteiger partial charge >= 0.3 is 0 Å². The summed E-state index contributed by atoms with van der Waals surface area (Å²) in [5.41, 5.74) is 1.97. The number of carbonyl (C=O) groups is 2. The molecule has 148 valence electrons. The van der Waals surface area contributed by atoms with Crippen LogP contribution < -0.4 is 5.32 Å². The van der Waals surface area contributed by atoms with Crippen molar-refractivity contribution in [2.24, 2.45) is 5.92 Å². The molecule has 7 nitrogen and oxygen atoms in total. The standard InChI is InChI=1S/C21H20ClN5O2/c22-17-9-7-15(8-10-17)21(29)26-12-3-4-16(14-26)20(28)24-18-5-1-2-6-19(18)27-13-11-23-25-27/h1-2,5-11,13,16H,3-4,12,14H2,(H,24,28). The molecule has 3 aromatic rings. The van der Waals surface area contributed by atoms with Crippen LogP contribution in [0.15, 0.2) is 60.9 Å². The topological polar surface area (TPSA) is 80.1 Å². The number of likely N-dealkylation sites (tertiary alicyclic amines) is 1. The smallest absolute Gasteiger partial charge is 0.253 e. The van der Waals surface area contributed by atoms with E-state index in [1.165, 1.54) is 0 Å². The summed E-state index contributed by atoms with van der Waals surface area (Å²) >= 11 is 5.91. The van der Waals surface area contributed by atoms with Crippen molar-refractivity contribution in [3.05, 3.63) is 71.5 Å². The summed E-state index contributed by atoms with van der Waals surface area (Å²) in [6.45, 7) is 1.03. The third-order valence-electron chi connectivity index (χ3n) is 5.00. The van der Waals surface area contributed by atoms with Gasteiger partial charge in [0.2, 0.25) is 5.91 Å². The molecular weight excluding hydrogens is 390 g/mol. The van der Waals surface area contributed by atoms with Gasteiger partial charge in [0, 0.05) is 23.7 Å². The molecule has 1 N–H and O–H groups in total. The first-order valence-corrected chi connectivity index (χ1v) is 9.81. The first kappa shape index (κ1) is 19.1. The summed E-state index contributed by atoms with van der Waals surface area (Å²) in [6.07, 6.45) is 4.82. The van der Waals surface area contributed by atoms with Gasteiger partial charge in [-0.1, -0.05) is 28.9 Å². The molecule has 8 heteroatoms. The number of rotatable bonds is 4. The first-order valence-electron chi connectivity index (χ1n) is 9.43. The van der Waals surface area contributed by atoms with Crippen molar-refractivity contribution in [2.75, 3.05) is 18.4 Å². The maximum Gasteiger partial charge on any atom is 0.253 e. The zero-order chi connectivity index (χ0) is 20.2. The second-order valence-corrected chi connectivity index (χ2v) is 7.39. The number of hydrogen-bond acceptors (Lipinski definition) is 4. The molecule has 1 atom stereocenters. The number of nitrogens with zero attached hydrogens (tertiary/aromatic N) is 4. The average molecular weight is 410 g/mol. The lowest BCUT2D eigenvalue weighted by molar-refractivity contribution is -0.121. The molecule has 1 aliphatic heterocycles. The number of anilines is 1. The van der Waals surface area contributed by atoms with Gasteiger partial charge in [-0.25, -0.2) is 4.68 Å². The highest BCUT2D eigenvalue weighted by Gasteiger charge is 2.29. The minimum Gasteiger partial charge on any atom is -0.338 e. The molecule has 0 bridgehead atoms. The number of hydrogen-bond donors (Lipinski definition) is 1. The highest BCUT2D eigenvalue weighted by atomic mass is 35.5. The molecule has 2 heterocycles. The summed E-state index contributed by atoms with van der Waals surface area (Å²) in [5.74, 6) is -0.461. The van der Waals surface area contributed by atoms with Gasteiger partial charge in [0.25, 0.3) is 5.91 Å². The molecule has 1 aromatic heterocycles. The normalized spacial score (nSPS) is 16.4. The average Bonchev–Trinajstić information content (AvgIpc) is 3.29. The summed E-state index contributed by atoms with van der Waals surface area (Å²) < 4.78 is 1.60. The van der Waals surface area contributed by atoms with Crippen molar-refractivity contribution >= 4 is 29.1 Å². The van der Waals surface area contributed by atoms with E-state index in [-0.39, 0.29) is 17.7 Å². The molecule has 4 rings (SSSR count).